The van der Waals surface area contributed by atoms with E-state index in [1.54, 1.807) is 0 Å². The van der Waals surface area contributed by atoms with Crippen LogP contribution in [-0.2, 0) is 4.79 Å². The zero-order chi connectivity index (χ0) is 10.3. The molecule has 1 amide bonds. The maximum atomic E-state index is 11.0. The molecular weight excluding hydrogens is 164 g/mol. The lowest BCUT2D eigenvalue weighted by Crippen LogP contribution is -2.42. The molecule has 0 aromatic heterocycles. The van der Waals surface area contributed by atoms with Gasteiger partial charge in [0.25, 0.3) is 0 Å². The average Bonchev–Trinajstić information content (AvgIpc) is 2.03. The topological polar surface area (TPSA) is 55.1 Å². The third-order valence-corrected chi connectivity index (χ3v) is 1.96. The first-order chi connectivity index (χ1) is 6.07. The molecule has 0 aliphatic carbocycles. The molecule has 13 heavy (non-hydrogen) atoms. The van der Waals surface area contributed by atoms with Gasteiger partial charge >= 0.3 is 0 Å². The summed E-state index contributed by atoms with van der Waals surface area (Å²) >= 11 is 0. The molecular formula is C10H22N2O. The highest BCUT2D eigenvalue weighted by Crippen LogP contribution is 2.00. The fourth-order valence-electron chi connectivity index (χ4n) is 1.13. The van der Waals surface area contributed by atoms with Crippen LogP contribution in [0.2, 0.25) is 0 Å². The predicted octanol–water partition coefficient (Wildman–Crippen LogP) is 1.28. The van der Waals surface area contributed by atoms with E-state index in [0.29, 0.717) is 5.92 Å². The van der Waals surface area contributed by atoms with Crippen molar-refractivity contribution in [3.05, 3.63) is 0 Å². The molecule has 3 heteroatoms. The van der Waals surface area contributed by atoms with Gasteiger partial charge in [-0.15, -0.1) is 0 Å². The van der Waals surface area contributed by atoms with Gasteiger partial charge in [-0.25, -0.2) is 0 Å². The second-order valence-corrected chi connectivity index (χ2v) is 3.90. The van der Waals surface area contributed by atoms with Gasteiger partial charge in [-0.3, -0.25) is 4.79 Å². The first-order valence-corrected chi connectivity index (χ1v) is 5.10. The van der Waals surface area contributed by atoms with Crippen molar-refractivity contribution in [1.29, 1.82) is 0 Å². The van der Waals surface area contributed by atoms with Crippen LogP contribution in [0.1, 0.15) is 40.0 Å². The Bertz CT molecular complexity index is 146. The van der Waals surface area contributed by atoms with Crippen molar-refractivity contribution in [3.8, 4) is 0 Å². The summed E-state index contributed by atoms with van der Waals surface area (Å²) in [5, 5.41) is 3.18. The summed E-state index contributed by atoms with van der Waals surface area (Å²) in [5.41, 5.74) is 5.26. The minimum Gasteiger partial charge on any atom is -0.368 e. The van der Waals surface area contributed by atoms with E-state index in [1.807, 2.05) is 0 Å². The summed E-state index contributed by atoms with van der Waals surface area (Å²) < 4.78 is 0. The number of amides is 1. The largest absolute Gasteiger partial charge is 0.368 e. The number of nitrogens with two attached hydrogens (primary N) is 1. The third kappa shape index (κ3) is 6.58. The first kappa shape index (κ1) is 12.4. The second kappa shape index (κ2) is 6.89. The number of hydrogen-bond donors (Lipinski definition) is 2. The van der Waals surface area contributed by atoms with Crippen LogP contribution in [0, 0.1) is 5.92 Å². The Morgan fingerprint density at radius 1 is 1.46 bits per heavy atom. The minimum atomic E-state index is -0.228. The maximum Gasteiger partial charge on any atom is 0.234 e. The van der Waals surface area contributed by atoms with Crippen LogP contribution in [0.5, 0.6) is 0 Å². The molecule has 0 heterocycles. The fourth-order valence-corrected chi connectivity index (χ4v) is 1.13. The van der Waals surface area contributed by atoms with E-state index < -0.39 is 0 Å². The van der Waals surface area contributed by atoms with Crippen molar-refractivity contribution < 1.29 is 4.79 Å². The van der Waals surface area contributed by atoms with Gasteiger partial charge in [0.1, 0.15) is 0 Å². The van der Waals surface area contributed by atoms with Crippen molar-refractivity contribution in [1.82, 2.24) is 5.32 Å². The van der Waals surface area contributed by atoms with Crippen LogP contribution in [0.4, 0.5) is 0 Å². The summed E-state index contributed by atoms with van der Waals surface area (Å²) in [5.74, 6) is 0.331. The Labute approximate surface area is 81.1 Å². The molecule has 3 N–H and O–H groups in total. The third-order valence-electron chi connectivity index (χ3n) is 1.96. The van der Waals surface area contributed by atoms with Gasteiger partial charge in [-0.1, -0.05) is 33.6 Å². The van der Waals surface area contributed by atoms with E-state index in [9.17, 15) is 4.79 Å². The molecule has 0 radical (unpaired) electrons. The lowest BCUT2D eigenvalue weighted by Gasteiger charge is -2.16. The van der Waals surface area contributed by atoms with Crippen molar-refractivity contribution in [2.75, 3.05) is 6.54 Å². The average molecular weight is 186 g/mol. The number of carbonyl (C=O) groups is 1. The van der Waals surface area contributed by atoms with Gasteiger partial charge in [-0.05, 0) is 18.9 Å². The summed E-state index contributed by atoms with van der Waals surface area (Å²) in [6.07, 6.45) is 3.02. The van der Waals surface area contributed by atoms with Gasteiger partial charge < -0.3 is 11.1 Å². The van der Waals surface area contributed by atoms with E-state index >= 15 is 0 Å². The van der Waals surface area contributed by atoms with Gasteiger partial charge in [0.15, 0.2) is 0 Å². The Morgan fingerprint density at radius 3 is 2.46 bits per heavy atom. The molecule has 0 unspecified atom stereocenters. The fraction of sp³-hybridized carbons (Fsp3) is 0.900. The van der Waals surface area contributed by atoms with Gasteiger partial charge in [-0.2, -0.15) is 0 Å². The van der Waals surface area contributed by atoms with E-state index in [1.165, 1.54) is 0 Å². The van der Waals surface area contributed by atoms with Crippen LogP contribution < -0.4 is 11.1 Å². The van der Waals surface area contributed by atoms with E-state index in [0.717, 1.165) is 25.8 Å². The summed E-state index contributed by atoms with van der Waals surface area (Å²) in [7, 11) is 0. The molecule has 0 fully saturated rings. The zero-order valence-electron chi connectivity index (χ0n) is 8.97. The minimum absolute atomic E-state index is 0.137. The molecule has 0 rings (SSSR count). The van der Waals surface area contributed by atoms with Crippen molar-refractivity contribution in [3.63, 3.8) is 0 Å². The van der Waals surface area contributed by atoms with Crippen LogP contribution >= 0.6 is 0 Å². The smallest absolute Gasteiger partial charge is 0.234 e. The molecule has 0 bridgehead atoms. The molecule has 0 aliphatic rings. The summed E-state index contributed by atoms with van der Waals surface area (Å²) in [6, 6.07) is -0.137. The lowest BCUT2D eigenvalue weighted by molar-refractivity contribution is -0.120. The highest BCUT2D eigenvalue weighted by molar-refractivity contribution is 5.79. The SMILES string of the molecule is CCCC[C@H](NCC(C)C)C(N)=O. The molecule has 0 aromatic rings. The van der Waals surface area contributed by atoms with Gasteiger partial charge in [0.05, 0.1) is 6.04 Å². The highest BCUT2D eigenvalue weighted by Gasteiger charge is 2.13. The highest BCUT2D eigenvalue weighted by atomic mass is 16.1. The monoisotopic (exact) mass is 186 g/mol. The number of hydrogen-bond acceptors (Lipinski definition) is 2. The zero-order valence-corrected chi connectivity index (χ0v) is 8.97. The standard InChI is InChI=1S/C10H22N2O/c1-4-5-6-9(10(11)13)12-7-8(2)3/h8-9,12H,4-7H2,1-3H3,(H2,11,13)/t9-/m0/s1. The molecule has 0 spiro atoms. The Morgan fingerprint density at radius 2 is 2.08 bits per heavy atom. The molecule has 1 atom stereocenters. The van der Waals surface area contributed by atoms with E-state index in [-0.39, 0.29) is 11.9 Å². The molecule has 0 aromatic carbocycles. The van der Waals surface area contributed by atoms with E-state index in [2.05, 4.69) is 26.1 Å². The van der Waals surface area contributed by atoms with Crippen LogP contribution in [0.3, 0.4) is 0 Å². The molecule has 0 saturated heterocycles. The first-order valence-electron chi connectivity index (χ1n) is 5.10. The van der Waals surface area contributed by atoms with Crippen LogP contribution in [-0.4, -0.2) is 18.5 Å². The maximum absolute atomic E-state index is 11.0. The van der Waals surface area contributed by atoms with Crippen molar-refractivity contribution in [2.45, 2.75) is 46.1 Å². The Balaban J connectivity index is 3.74. The quantitative estimate of drug-likeness (QED) is 0.629. The Kier molecular flexibility index (Phi) is 6.59. The normalized spacial score (nSPS) is 13.2. The summed E-state index contributed by atoms with van der Waals surface area (Å²) in [6.45, 7) is 7.20. The molecule has 0 aliphatic heterocycles. The van der Waals surface area contributed by atoms with Gasteiger partial charge in [0.2, 0.25) is 5.91 Å². The number of rotatable bonds is 7. The predicted molar refractivity (Wildman–Crippen MR) is 55.3 cm³/mol. The van der Waals surface area contributed by atoms with Crippen molar-refractivity contribution in [2.24, 2.45) is 11.7 Å². The Hall–Kier alpha value is -0.570. The number of primary amides is 1. The molecule has 3 nitrogen and oxygen atoms in total. The summed E-state index contributed by atoms with van der Waals surface area (Å²) in [4.78, 5) is 11.0. The second-order valence-electron chi connectivity index (χ2n) is 3.90. The number of unbranched alkanes of at least 4 members (excludes halogenated alkanes) is 1. The van der Waals surface area contributed by atoms with Crippen LogP contribution in [0.15, 0.2) is 0 Å². The number of nitrogens with one attached hydrogen (secondary N) is 1. The lowest BCUT2D eigenvalue weighted by atomic mass is 10.1. The van der Waals surface area contributed by atoms with E-state index in [4.69, 9.17) is 5.73 Å². The molecule has 0 saturated carbocycles. The number of carbonyl (C=O) groups excluding carboxylic acids is 1. The van der Waals surface area contributed by atoms with Crippen molar-refractivity contribution >= 4 is 5.91 Å². The van der Waals surface area contributed by atoms with Gasteiger partial charge in [0, 0.05) is 0 Å². The van der Waals surface area contributed by atoms with Crippen LogP contribution in [0.25, 0.3) is 0 Å². The molecule has 78 valence electrons.